The molecule has 1 aliphatic heterocycles. The Bertz CT molecular complexity index is 1190. The first-order valence-electron chi connectivity index (χ1n) is 10.7. The molecule has 32 heavy (non-hydrogen) atoms. The summed E-state index contributed by atoms with van der Waals surface area (Å²) in [4.78, 5) is 33.9. The fourth-order valence-corrected chi connectivity index (χ4v) is 4.67. The third-order valence-electron chi connectivity index (χ3n) is 6.72. The number of nitrogens with one attached hydrogen (secondary N) is 2. The van der Waals surface area contributed by atoms with Crippen LogP contribution in [-0.4, -0.2) is 46.5 Å². The zero-order valence-electron chi connectivity index (χ0n) is 17.5. The van der Waals surface area contributed by atoms with Crippen LogP contribution in [-0.2, 0) is 0 Å². The summed E-state index contributed by atoms with van der Waals surface area (Å²) < 4.78 is 5.44. The Morgan fingerprint density at radius 1 is 1.28 bits per heavy atom. The Morgan fingerprint density at radius 2 is 2.12 bits per heavy atom. The van der Waals surface area contributed by atoms with Gasteiger partial charge in [0.2, 0.25) is 0 Å². The molecule has 2 aliphatic rings. The van der Waals surface area contributed by atoms with E-state index in [0.29, 0.717) is 42.6 Å². The Kier molecular flexibility index (Phi) is 5.02. The number of aromatic nitrogens is 2. The Morgan fingerprint density at radius 3 is 2.91 bits per heavy atom. The van der Waals surface area contributed by atoms with Crippen molar-refractivity contribution >= 4 is 22.9 Å². The number of benzene rings is 1. The number of amides is 2. The van der Waals surface area contributed by atoms with Crippen LogP contribution in [0.1, 0.15) is 35.3 Å². The van der Waals surface area contributed by atoms with E-state index in [1.807, 2.05) is 18.2 Å². The molecule has 0 bridgehead atoms. The molecule has 8 heteroatoms. The van der Waals surface area contributed by atoms with E-state index in [9.17, 15) is 9.59 Å². The molecule has 162 valence electrons. The number of aromatic amines is 1. The molecule has 2 amide bonds. The van der Waals surface area contributed by atoms with Gasteiger partial charge in [-0.1, -0.05) is 6.07 Å². The maximum Gasteiger partial charge on any atom is 0.415 e. The standard InChI is InChI=1S/C24H23N5O3/c25-13-16-2-1-3-19(10-16)32-23(31)29-8-5-24(6-9-29)12-18(24)15-27-22(30)21-11-17-14-26-7-4-20(17)28-21/h1-4,7,10-11,14,18,28H,5-6,8-9,12,15H2,(H,27,30). The minimum absolute atomic E-state index is 0.108. The molecule has 1 saturated carbocycles. The van der Waals surface area contributed by atoms with Crippen molar-refractivity contribution in [3.63, 3.8) is 0 Å². The van der Waals surface area contributed by atoms with Gasteiger partial charge in [0, 0.05) is 42.9 Å². The van der Waals surface area contributed by atoms with Crippen molar-refractivity contribution in [2.24, 2.45) is 11.3 Å². The van der Waals surface area contributed by atoms with Crippen LogP contribution in [0.25, 0.3) is 10.9 Å². The quantitative estimate of drug-likeness (QED) is 0.660. The van der Waals surface area contributed by atoms with Crippen LogP contribution >= 0.6 is 0 Å². The maximum absolute atomic E-state index is 12.5. The summed E-state index contributed by atoms with van der Waals surface area (Å²) in [6, 6.07) is 12.3. The lowest BCUT2D eigenvalue weighted by Gasteiger charge is -2.32. The first-order valence-corrected chi connectivity index (χ1v) is 10.7. The van der Waals surface area contributed by atoms with Crippen LogP contribution < -0.4 is 10.1 Å². The lowest BCUT2D eigenvalue weighted by atomic mass is 9.91. The van der Waals surface area contributed by atoms with Gasteiger partial charge in [0.05, 0.1) is 11.6 Å². The number of hydrogen-bond donors (Lipinski definition) is 2. The summed E-state index contributed by atoms with van der Waals surface area (Å²) in [7, 11) is 0. The monoisotopic (exact) mass is 429 g/mol. The van der Waals surface area contributed by atoms with E-state index in [1.54, 1.807) is 41.6 Å². The molecule has 1 aliphatic carbocycles. The van der Waals surface area contributed by atoms with Crippen LogP contribution in [0.4, 0.5) is 4.79 Å². The second-order valence-electron chi connectivity index (χ2n) is 8.61. The minimum Gasteiger partial charge on any atom is -0.410 e. The van der Waals surface area contributed by atoms with Crippen molar-refractivity contribution in [1.29, 1.82) is 5.26 Å². The number of carbonyl (C=O) groups is 2. The van der Waals surface area contributed by atoms with Crippen LogP contribution in [0.2, 0.25) is 0 Å². The summed E-state index contributed by atoms with van der Waals surface area (Å²) in [5.41, 5.74) is 2.10. The van der Waals surface area contributed by atoms with E-state index in [1.165, 1.54) is 0 Å². The molecule has 1 spiro atoms. The number of hydrogen-bond acceptors (Lipinski definition) is 5. The fourth-order valence-electron chi connectivity index (χ4n) is 4.67. The van der Waals surface area contributed by atoms with Gasteiger partial charge in [-0.15, -0.1) is 0 Å². The highest BCUT2D eigenvalue weighted by Crippen LogP contribution is 2.59. The summed E-state index contributed by atoms with van der Waals surface area (Å²) in [6.45, 7) is 1.91. The zero-order valence-corrected chi connectivity index (χ0v) is 17.5. The molecule has 3 heterocycles. The topological polar surface area (TPSA) is 111 Å². The van der Waals surface area contributed by atoms with Gasteiger partial charge in [-0.3, -0.25) is 9.78 Å². The summed E-state index contributed by atoms with van der Waals surface area (Å²) >= 11 is 0. The van der Waals surface area contributed by atoms with Gasteiger partial charge in [0.1, 0.15) is 11.4 Å². The van der Waals surface area contributed by atoms with E-state index >= 15 is 0 Å². The third-order valence-corrected chi connectivity index (χ3v) is 6.72. The lowest BCUT2D eigenvalue weighted by molar-refractivity contribution is 0.0943. The van der Waals surface area contributed by atoms with E-state index in [-0.39, 0.29) is 17.4 Å². The number of rotatable bonds is 4. The molecular weight excluding hydrogens is 406 g/mol. The van der Waals surface area contributed by atoms with Gasteiger partial charge < -0.3 is 19.9 Å². The average Bonchev–Trinajstić information content (AvgIpc) is 3.29. The average molecular weight is 429 g/mol. The van der Waals surface area contributed by atoms with Crippen molar-refractivity contribution in [2.45, 2.75) is 19.3 Å². The molecule has 2 N–H and O–H groups in total. The van der Waals surface area contributed by atoms with Crippen molar-refractivity contribution in [1.82, 2.24) is 20.2 Å². The van der Waals surface area contributed by atoms with E-state index in [2.05, 4.69) is 15.3 Å². The van der Waals surface area contributed by atoms with Crippen molar-refractivity contribution in [2.75, 3.05) is 19.6 Å². The molecule has 3 aromatic rings. The number of fused-ring (bicyclic) bond motifs is 1. The number of piperidine rings is 1. The van der Waals surface area contributed by atoms with Gasteiger partial charge in [-0.05, 0) is 60.9 Å². The number of pyridine rings is 1. The molecule has 1 aromatic carbocycles. The van der Waals surface area contributed by atoms with Gasteiger partial charge in [-0.25, -0.2) is 4.79 Å². The second-order valence-corrected chi connectivity index (χ2v) is 8.61. The number of nitrogens with zero attached hydrogens (tertiary/aromatic N) is 3. The van der Waals surface area contributed by atoms with Gasteiger partial charge >= 0.3 is 6.09 Å². The summed E-state index contributed by atoms with van der Waals surface area (Å²) in [5.74, 6) is 0.709. The minimum atomic E-state index is -0.381. The van der Waals surface area contributed by atoms with E-state index in [4.69, 9.17) is 10.00 Å². The number of nitriles is 1. The van der Waals surface area contributed by atoms with Crippen molar-refractivity contribution < 1.29 is 14.3 Å². The highest BCUT2D eigenvalue weighted by molar-refractivity contribution is 5.97. The molecular formula is C24H23N5O3. The molecule has 1 unspecified atom stereocenters. The Hall–Kier alpha value is -3.86. The van der Waals surface area contributed by atoms with E-state index < -0.39 is 0 Å². The lowest BCUT2D eigenvalue weighted by Crippen LogP contribution is -2.41. The third kappa shape index (κ3) is 3.89. The van der Waals surface area contributed by atoms with Crippen LogP contribution in [0.15, 0.2) is 48.8 Å². The van der Waals surface area contributed by atoms with Crippen LogP contribution in [0.5, 0.6) is 5.75 Å². The van der Waals surface area contributed by atoms with Gasteiger partial charge in [-0.2, -0.15) is 5.26 Å². The molecule has 0 radical (unpaired) electrons. The normalized spacial score (nSPS) is 18.8. The molecule has 2 aromatic heterocycles. The first kappa shape index (κ1) is 20.1. The number of H-pyrrole nitrogens is 1. The molecule has 2 fully saturated rings. The number of likely N-dealkylation sites (tertiary alicyclic amines) is 1. The molecule has 8 nitrogen and oxygen atoms in total. The smallest absolute Gasteiger partial charge is 0.410 e. The largest absolute Gasteiger partial charge is 0.415 e. The van der Waals surface area contributed by atoms with Crippen molar-refractivity contribution in [3.05, 3.63) is 60.0 Å². The Balaban J connectivity index is 1.10. The summed E-state index contributed by atoms with van der Waals surface area (Å²) in [6.07, 6.45) is 5.92. The van der Waals surface area contributed by atoms with E-state index in [0.717, 1.165) is 30.2 Å². The zero-order chi connectivity index (χ0) is 22.1. The highest BCUT2D eigenvalue weighted by atomic mass is 16.6. The number of ether oxygens (including phenoxy) is 1. The number of carbonyl (C=O) groups excluding carboxylic acids is 2. The van der Waals surface area contributed by atoms with Crippen molar-refractivity contribution in [3.8, 4) is 11.8 Å². The van der Waals surface area contributed by atoms with Crippen LogP contribution in [0, 0.1) is 22.7 Å². The van der Waals surface area contributed by atoms with Gasteiger partial charge in [0.15, 0.2) is 0 Å². The second kappa shape index (κ2) is 8.00. The predicted octanol–water partition coefficient (Wildman–Crippen LogP) is 3.47. The maximum atomic E-state index is 12.5. The van der Waals surface area contributed by atoms with Gasteiger partial charge in [0.25, 0.3) is 5.91 Å². The molecule has 1 atom stereocenters. The SMILES string of the molecule is N#Cc1cccc(OC(=O)N2CCC3(CC2)CC3CNC(=O)c2cc3cnccc3[nH]2)c1. The summed E-state index contributed by atoms with van der Waals surface area (Å²) in [5, 5.41) is 12.9. The fraction of sp³-hybridized carbons (Fsp3) is 0.333. The van der Waals surface area contributed by atoms with Crippen LogP contribution in [0.3, 0.4) is 0 Å². The molecule has 5 rings (SSSR count). The first-order chi connectivity index (χ1) is 15.6. The highest BCUT2D eigenvalue weighted by Gasteiger charge is 2.55. The Labute approximate surface area is 185 Å². The predicted molar refractivity (Wildman–Crippen MR) is 117 cm³/mol. The molecule has 1 saturated heterocycles.